The second-order valence-electron chi connectivity index (χ2n) is 6.49. The van der Waals surface area contributed by atoms with Crippen molar-refractivity contribution in [1.82, 2.24) is 0 Å². The lowest BCUT2D eigenvalue weighted by Gasteiger charge is -2.35. The van der Waals surface area contributed by atoms with Crippen LogP contribution in [0.2, 0.25) is 0 Å². The molecule has 3 rings (SSSR count). The molecule has 1 fully saturated rings. The van der Waals surface area contributed by atoms with Gasteiger partial charge in [0.25, 0.3) is 0 Å². The molecule has 1 saturated carbocycles. The predicted molar refractivity (Wildman–Crippen MR) is 86.1 cm³/mol. The highest BCUT2D eigenvalue weighted by Crippen LogP contribution is 2.34. The van der Waals surface area contributed by atoms with Crippen LogP contribution in [0.4, 0.5) is 5.69 Å². The van der Waals surface area contributed by atoms with E-state index in [1.54, 1.807) is 0 Å². The fourth-order valence-electron chi connectivity index (χ4n) is 3.74. The Morgan fingerprint density at radius 1 is 1.00 bits per heavy atom. The topological polar surface area (TPSA) is 46.3 Å². The average Bonchev–Trinajstić information content (AvgIpc) is 2.47. The monoisotopic (exact) mass is 286 g/mol. The van der Waals surface area contributed by atoms with E-state index in [0.29, 0.717) is 5.91 Å². The van der Waals surface area contributed by atoms with Gasteiger partial charge >= 0.3 is 0 Å². The highest BCUT2D eigenvalue weighted by molar-refractivity contribution is 5.96. The minimum absolute atomic E-state index is 0.0718. The third-order valence-corrected chi connectivity index (χ3v) is 5.01. The van der Waals surface area contributed by atoms with E-state index in [1.807, 2.05) is 17.0 Å². The van der Waals surface area contributed by atoms with Crippen molar-refractivity contribution < 1.29 is 4.79 Å². The molecule has 0 bridgehead atoms. The maximum atomic E-state index is 13.0. The summed E-state index contributed by atoms with van der Waals surface area (Å²) in [5.74, 6) is 0.545. The van der Waals surface area contributed by atoms with Crippen molar-refractivity contribution in [2.45, 2.75) is 57.4 Å². The van der Waals surface area contributed by atoms with Gasteiger partial charge in [0.2, 0.25) is 5.91 Å². The maximum Gasteiger partial charge on any atom is 0.230 e. The van der Waals surface area contributed by atoms with E-state index in [1.165, 1.54) is 32.1 Å². The molecule has 1 heterocycles. The number of benzene rings is 1. The first-order valence-electron chi connectivity index (χ1n) is 8.43. The molecule has 21 heavy (non-hydrogen) atoms. The molecule has 0 saturated heterocycles. The van der Waals surface area contributed by atoms with Crippen molar-refractivity contribution in [2.24, 2.45) is 11.7 Å². The second-order valence-corrected chi connectivity index (χ2v) is 6.49. The molecule has 1 atom stereocenters. The van der Waals surface area contributed by atoms with E-state index in [2.05, 4.69) is 12.1 Å². The van der Waals surface area contributed by atoms with Gasteiger partial charge in [-0.3, -0.25) is 4.79 Å². The van der Waals surface area contributed by atoms with Gasteiger partial charge in [-0.25, -0.2) is 0 Å². The van der Waals surface area contributed by atoms with Crippen LogP contribution in [0.1, 0.15) is 63.0 Å². The molecule has 1 aromatic rings. The summed E-state index contributed by atoms with van der Waals surface area (Å²) in [5, 5.41) is 0. The summed E-state index contributed by atoms with van der Waals surface area (Å²) in [5.41, 5.74) is 8.37. The Morgan fingerprint density at radius 2 is 1.67 bits per heavy atom. The number of anilines is 1. The molecule has 2 N–H and O–H groups in total. The first kappa shape index (κ1) is 14.6. The Kier molecular flexibility index (Phi) is 4.59. The number of para-hydroxylation sites is 1. The molecular formula is C18H26N2O. The number of amides is 1. The van der Waals surface area contributed by atoms with Crippen LogP contribution in [0.3, 0.4) is 0 Å². The first-order chi connectivity index (χ1) is 10.3. The molecule has 3 nitrogen and oxygen atoms in total. The predicted octanol–water partition coefficient (Wildman–Crippen LogP) is 3.78. The van der Waals surface area contributed by atoms with E-state index in [9.17, 15) is 4.79 Å². The van der Waals surface area contributed by atoms with Crippen molar-refractivity contribution >= 4 is 11.6 Å². The average molecular weight is 286 g/mol. The zero-order chi connectivity index (χ0) is 14.7. The minimum atomic E-state index is 0.0718. The Balaban J connectivity index is 1.79. The summed E-state index contributed by atoms with van der Waals surface area (Å²) in [6.45, 7) is 0.771. The number of fused-ring (bicyclic) bond motifs is 1. The zero-order valence-corrected chi connectivity index (χ0v) is 12.8. The summed E-state index contributed by atoms with van der Waals surface area (Å²) in [7, 11) is 0. The molecular weight excluding hydrogens is 260 g/mol. The lowest BCUT2D eigenvalue weighted by molar-refractivity contribution is -0.123. The summed E-state index contributed by atoms with van der Waals surface area (Å²) in [4.78, 5) is 15.0. The van der Waals surface area contributed by atoms with E-state index in [-0.39, 0.29) is 12.0 Å². The van der Waals surface area contributed by atoms with Crippen LogP contribution in [0.5, 0.6) is 0 Å². The SMILES string of the molecule is NC1CCN(C(=O)C2CCCCCCC2)c2ccccc21. The lowest BCUT2D eigenvalue weighted by Crippen LogP contribution is -2.41. The molecule has 1 unspecified atom stereocenters. The Morgan fingerprint density at radius 3 is 2.43 bits per heavy atom. The molecule has 0 spiro atoms. The van der Waals surface area contributed by atoms with Crippen LogP contribution in [0.25, 0.3) is 0 Å². The van der Waals surface area contributed by atoms with Gasteiger partial charge in [-0.2, -0.15) is 0 Å². The number of carbonyl (C=O) groups is 1. The van der Waals surface area contributed by atoms with Crippen molar-refractivity contribution in [1.29, 1.82) is 0 Å². The fraction of sp³-hybridized carbons (Fsp3) is 0.611. The molecule has 3 heteroatoms. The third-order valence-electron chi connectivity index (χ3n) is 5.01. The minimum Gasteiger partial charge on any atom is -0.324 e. The normalized spacial score (nSPS) is 24.0. The Hall–Kier alpha value is -1.35. The summed E-state index contributed by atoms with van der Waals surface area (Å²) >= 11 is 0. The largest absolute Gasteiger partial charge is 0.324 e. The van der Waals surface area contributed by atoms with Gasteiger partial charge in [-0.1, -0.05) is 50.3 Å². The van der Waals surface area contributed by atoms with Crippen LogP contribution in [-0.2, 0) is 4.79 Å². The van der Waals surface area contributed by atoms with Crippen LogP contribution in [0, 0.1) is 5.92 Å². The first-order valence-corrected chi connectivity index (χ1v) is 8.43. The van der Waals surface area contributed by atoms with Crippen LogP contribution >= 0.6 is 0 Å². The second kappa shape index (κ2) is 6.61. The summed E-state index contributed by atoms with van der Waals surface area (Å²) < 4.78 is 0. The Bertz CT molecular complexity index is 492. The smallest absolute Gasteiger partial charge is 0.230 e. The van der Waals surface area contributed by atoms with Gasteiger partial charge < -0.3 is 10.6 Å². The third kappa shape index (κ3) is 3.13. The van der Waals surface area contributed by atoms with Crippen molar-refractivity contribution in [3.05, 3.63) is 29.8 Å². The van der Waals surface area contributed by atoms with E-state index in [4.69, 9.17) is 5.73 Å². The van der Waals surface area contributed by atoms with Gasteiger partial charge in [-0.05, 0) is 30.9 Å². The van der Waals surface area contributed by atoms with E-state index < -0.39 is 0 Å². The molecule has 1 aliphatic heterocycles. The summed E-state index contributed by atoms with van der Waals surface area (Å²) in [6, 6.07) is 8.22. The van der Waals surface area contributed by atoms with Gasteiger partial charge in [0, 0.05) is 24.2 Å². The van der Waals surface area contributed by atoms with E-state index in [0.717, 1.165) is 37.1 Å². The summed E-state index contributed by atoms with van der Waals surface area (Å²) in [6.07, 6.45) is 9.29. The van der Waals surface area contributed by atoms with Crippen molar-refractivity contribution in [3.63, 3.8) is 0 Å². The number of rotatable bonds is 1. The highest BCUT2D eigenvalue weighted by atomic mass is 16.2. The van der Waals surface area contributed by atoms with Gasteiger partial charge in [0.1, 0.15) is 0 Å². The molecule has 114 valence electrons. The highest BCUT2D eigenvalue weighted by Gasteiger charge is 2.30. The zero-order valence-electron chi connectivity index (χ0n) is 12.8. The number of hydrogen-bond acceptors (Lipinski definition) is 2. The Labute approximate surface area is 127 Å². The number of nitrogens with zero attached hydrogens (tertiary/aromatic N) is 1. The standard InChI is InChI=1S/C18H26N2O/c19-16-12-13-20(17-11-7-6-10-15(16)17)18(21)14-8-4-2-1-3-5-9-14/h6-7,10-11,14,16H,1-5,8-9,12-13,19H2. The molecule has 1 aromatic carbocycles. The van der Waals surface area contributed by atoms with Crippen molar-refractivity contribution in [2.75, 3.05) is 11.4 Å². The number of hydrogen-bond donors (Lipinski definition) is 1. The van der Waals surface area contributed by atoms with E-state index >= 15 is 0 Å². The van der Waals surface area contributed by atoms with Crippen LogP contribution in [-0.4, -0.2) is 12.5 Å². The molecule has 2 aliphatic rings. The molecule has 1 aliphatic carbocycles. The maximum absolute atomic E-state index is 13.0. The number of carbonyl (C=O) groups excluding carboxylic acids is 1. The molecule has 0 aromatic heterocycles. The number of nitrogens with two attached hydrogens (primary N) is 1. The molecule has 0 radical (unpaired) electrons. The van der Waals surface area contributed by atoms with Crippen molar-refractivity contribution in [3.8, 4) is 0 Å². The van der Waals surface area contributed by atoms with Gasteiger partial charge in [0.15, 0.2) is 0 Å². The molecule has 1 amide bonds. The fourth-order valence-corrected chi connectivity index (χ4v) is 3.74. The van der Waals surface area contributed by atoms with Gasteiger partial charge in [-0.15, -0.1) is 0 Å². The quantitative estimate of drug-likeness (QED) is 0.854. The lowest BCUT2D eigenvalue weighted by atomic mass is 9.88. The van der Waals surface area contributed by atoms with Gasteiger partial charge in [0.05, 0.1) is 0 Å². The van der Waals surface area contributed by atoms with Crippen LogP contribution < -0.4 is 10.6 Å². The van der Waals surface area contributed by atoms with Crippen LogP contribution in [0.15, 0.2) is 24.3 Å².